The number of para-hydroxylation sites is 1. The van der Waals surface area contributed by atoms with Crippen molar-refractivity contribution >= 4 is 11.6 Å². The topological polar surface area (TPSA) is 60.8 Å². The van der Waals surface area contributed by atoms with Gasteiger partial charge in [-0.05, 0) is 11.6 Å². The highest BCUT2D eigenvalue weighted by atomic mass is 16.5. The quantitative estimate of drug-likeness (QED) is 0.649. The molecular weight excluding hydrogens is 280 g/mol. The number of guanidine groups is 1. The van der Waals surface area contributed by atoms with Gasteiger partial charge < -0.3 is 19.7 Å². The minimum atomic E-state index is 0.456. The first-order chi connectivity index (χ1) is 10.8. The molecule has 22 heavy (non-hydrogen) atoms. The van der Waals surface area contributed by atoms with Gasteiger partial charge in [-0.3, -0.25) is 10.3 Å². The van der Waals surface area contributed by atoms with Crippen molar-refractivity contribution in [3.05, 3.63) is 29.8 Å². The molecule has 2 aliphatic rings. The summed E-state index contributed by atoms with van der Waals surface area (Å²) in [4.78, 5) is 4.41. The zero-order chi connectivity index (χ0) is 15.2. The lowest BCUT2D eigenvalue weighted by molar-refractivity contribution is 0.0343. The predicted molar refractivity (Wildman–Crippen MR) is 86.3 cm³/mol. The highest BCUT2D eigenvalue weighted by Crippen LogP contribution is 2.18. The zero-order valence-corrected chi connectivity index (χ0v) is 12.9. The van der Waals surface area contributed by atoms with Gasteiger partial charge in [0.15, 0.2) is 5.96 Å². The molecule has 0 atom stereocenters. The molecule has 0 spiro atoms. The van der Waals surface area contributed by atoms with Crippen molar-refractivity contribution in [2.75, 3.05) is 57.9 Å². The van der Waals surface area contributed by atoms with Crippen LogP contribution < -0.4 is 5.32 Å². The molecule has 2 N–H and O–H groups in total. The molecule has 120 valence electrons. The van der Waals surface area contributed by atoms with E-state index in [4.69, 9.17) is 14.9 Å². The normalized spacial score (nSPS) is 19.9. The van der Waals surface area contributed by atoms with Crippen molar-refractivity contribution in [2.24, 2.45) is 0 Å². The molecule has 0 radical (unpaired) electrons. The van der Waals surface area contributed by atoms with Gasteiger partial charge in [0.2, 0.25) is 0 Å². The molecule has 2 saturated heterocycles. The van der Waals surface area contributed by atoms with Gasteiger partial charge >= 0.3 is 0 Å². The highest BCUT2D eigenvalue weighted by Gasteiger charge is 2.16. The fourth-order valence-corrected chi connectivity index (χ4v) is 2.77. The summed E-state index contributed by atoms with van der Waals surface area (Å²) >= 11 is 0. The van der Waals surface area contributed by atoms with Gasteiger partial charge in [-0.15, -0.1) is 0 Å². The average Bonchev–Trinajstić information content (AvgIpc) is 2.58. The summed E-state index contributed by atoms with van der Waals surface area (Å²) in [5.41, 5.74) is 2.24. The standard InChI is InChI=1S/C16H24N4O2/c17-16(20-7-11-22-12-8-20)18-15-4-2-1-3-14(15)13-19-5-9-21-10-6-19/h1-4H,5-13H2,(H2,17,18). The Labute approximate surface area is 131 Å². The molecule has 0 bridgehead atoms. The number of nitrogens with one attached hydrogen (secondary N) is 2. The number of hydrogen-bond donors (Lipinski definition) is 2. The zero-order valence-electron chi connectivity index (χ0n) is 12.9. The van der Waals surface area contributed by atoms with Crippen molar-refractivity contribution in [2.45, 2.75) is 6.54 Å². The summed E-state index contributed by atoms with van der Waals surface area (Å²) in [6, 6.07) is 8.24. The molecule has 1 aromatic rings. The summed E-state index contributed by atoms with van der Waals surface area (Å²) in [6.45, 7) is 7.37. The molecule has 1 aromatic carbocycles. The average molecular weight is 304 g/mol. The van der Waals surface area contributed by atoms with Crippen molar-refractivity contribution in [1.82, 2.24) is 9.80 Å². The van der Waals surface area contributed by atoms with Gasteiger partial charge in [-0.25, -0.2) is 0 Å². The molecule has 0 unspecified atom stereocenters. The number of rotatable bonds is 3. The lowest BCUT2D eigenvalue weighted by Crippen LogP contribution is -2.43. The molecule has 0 aromatic heterocycles. The largest absolute Gasteiger partial charge is 0.379 e. The fraction of sp³-hybridized carbons (Fsp3) is 0.562. The number of nitrogens with zero attached hydrogens (tertiary/aromatic N) is 2. The van der Waals surface area contributed by atoms with Gasteiger partial charge in [-0.2, -0.15) is 0 Å². The van der Waals surface area contributed by atoms with Crippen LogP contribution in [-0.4, -0.2) is 68.4 Å². The first-order valence-corrected chi connectivity index (χ1v) is 7.89. The molecule has 2 fully saturated rings. The lowest BCUT2D eigenvalue weighted by atomic mass is 10.1. The molecule has 0 amide bonds. The van der Waals surface area contributed by atoms with E-state index in [9.17, 15) is 0 Å². The van der Waals surface area contributed by atoms with Crippen LogP contribution in [0.15, 0.2) is 24.3 Å². The second-order valence-corrected chi connectivity index (χ2v) is 5.62. The van der Waals surface area contributed by atoms with E-state index >= 15 is 0 Å². The van der Waals surface area contributed by atoms with E-state index < -0.39 is 0 Å². The van der Waals surface area contributed by atoms with Crippen LogP contribution in [0.25, 0.3) is 0 Å². The van der Waals surface area contributed by atoms with Crippen LogP contribution in [0.4, 0.5) is 5.69 Å². The van der Waals surface area contributed by atoms with Crippen LogP contribution in [0, 0.1) is 5.41 Å². The van der Waals surface area contributed by atoms with E-state index in [-0.39, 0.29) is 0 Å². The van der Waals surface area contributed by atoms with Crippen LogP contribution in [0.1, 0.15) is 5.56 Å². The van der Waals surface area contributed by atoms with Gasteiger partial charge in [0.1, 0.15) is 0 Å². The van der Waals surface area contributed by atoms with Gasteiger partial charge in [-0.1, -0.05) is 18.2 Å². The monoisotopic (exact) mass is 304 g/mol. The van der Waals surface area contributed by atoms with Crippen LogP contribution >= 0.6 is 0 Å². The summed E-state index contributed by atoms with van der Waals surface area (Å²) in [7, 11) is 0. The number of hydrogen-bond acceptors (Lipinski definition) is 4. The minimum Gasteiger partial charge on any atom is -0.379 e. The molecule has 6 heteroatoms. The third kappa shape index (κ3) is 3.97. The first-order valence-electron chi connectivity index (χ1n) is 7.89. The Kier molecular flexibility index (Phi) is 5.26. The second-order valence-electron chi connectivity index (χ2n) is 5.62. The third-order valence-electron chi connectivity index (χ3n) is 4.10. The first kappa shape index (κ1) is 15.3. The smallest absolute Gasteiger partial charge is 0.195 e. The van der Waals surface area contributed by atoms with E-state index in [0.29, 0.717) is 19.2 Å². The summed E-state index contributed by atoms with van der Waals surface area (Å²) < 4.78 is 10.7. The van der Waals surface area contributed by atoms with E-state index in [0.717, 1.165) is 51.6 Å². The van der Waals surface area contributed by atoms with Crippen LogP contribution in [0.2, 0.25) is 0 Å². The Balaban J connectivity index is 1.63. The van der Waals surface area contributed by atoms with Gasteiger partial charge in [0, 0.05) is 38.4 Å². The summed E-state index contributed by atoms with van der Waals surface area (Å²) in [6.07, 6.45) is 0. The third-order valence-corrected chi connectivity index (χ3v) is 4.10. The Morgan fingerprint density at radius 2 is 1.64 bits per heavy atom. The van der Waals surface area contributed by atoms with E-state index in [1.54, 1.807) is 0 Å². The van der Waals surface area contributed by atoms with Crippen molar-refractivity contribution in [1.29, 1.82) is 5.41 Å². The van der Waals surface area contributed by atoms with Crippen LogP contribution in [-0.2, 0) is 16.0 Å². The molecular formula is C16H24N4O2. The van der Waals surface area contributed by atoms with Crippen molar-refractivity contribution in [3.63, 3.8) is 0 Å². The maximum Gasteiger partial charge on any atom is 0.195 e. The second kappa shape index (κ2) is 7.58. The molecule has 0 aliphatic carbocycles. The number of anilines is 1. The van der Waals surface area contributed by atoms with E-state index in [2.05, 4.69) is 22.3 Å². The van der Waals surface area contributed by atoms with Crippen molar-refractivity contribution < 1.29 is 9.47 Å². The Hall–Kier alpha value is -1.63. The lowest BCUT2D eigenvalue weighted by Gasteiger charge is -2.30. The summed E-state index contributed by atoms with van der Waals surface area (Å²) in [5, 5.41) is 11.5. The molecule has 2 heterocycles. The number of ether oxygens (including phenoxy) is 2. The van der Waals surface area contributed by atoms with Gasteiger partial charge in [0.25, 0.3) is 0 Å². The van der Waals surface area contributed by atoms with Crippen LogP contribution in [0.5, 0.6) is 0 Å². The fourth-order valence-electron chi connectivity index (χ4n) is 2.77. The van der Waals surface area contributed by atoms with Gasteiger partial charge in [0.05, 0.1) is 26.4 Å². The Bertz CT molecular complexity index is 497. The highest BCUT2D eigenvalue weighted by molar-refractivity contribution is 5.92. The van der Waals surface area contributed by atoms with E-state index in [1.165, 1.54) is 5.56 Å². The number of morpholine rings is 2. The molecule has 6 nitrogen and oxygen atoms in total. The number of benzene rings is 1. The predicted octanol–water partition coefficient (Wildman–Crippen LogP) is 1.20. The van der Waals surface area contributed by atoms with Crippen LogP contribution in [0.3, 0.4) is 0 Å². The molecule has 3 rings (SSSR count). The maximum atomic E-state index is 8.26. The maximum absolute atomic E-state index is 8.26. The molecule has 2 aliphatic heterocycles. The van der Waals surface area contributed by atoms with E-state index in [1.807, 2.05) is 17.0 Å². The Morgan fingerprint density at radius 1 is 1.00 bits per heavy atom. The Morgan fingerprint density at radius 3 is 2.36 bits per heavy atom. The van der Waals surface area contributed by atoms with Crippen molar-refractivity contribution in [3.8, 4) is 0 Å². The SMILES string of the molecule is N=C(Nc1ccccc1CN1CCOCC1)N1CCOCC1. The summed E-state index contributed by atoms with van der Waals surface area (Å²) in [5.74, 6) is 0.456. The molecule has 0 saturated carbocycles. The minimum absolute atomic E-state index is 0.456.